The van der Waals surface area contributed by atoms with Gasteiger partial charge in [0.1, 0.15) is 0 Å². The normalized spacial score (nSPS) is 10.5. The second-order valence-electron chi connectivity index (χ2n) is 4.33. The van der Waals surface area contributed by atoms with E-state index in [9.17, 15) is 4.79 Å². The van der Waals surface area contributed by atoms with Crippen LogP contribution in [0.4, 0.5) is 0 Å². The topological polar surface area (TPSA) is 29.1 Å². The molecule has 0 atom stereocenters. The Bertz CT molecular complexity index is 356. The molecule has 0 bridgehead atoms. The number of carbonyl (C=O) groups excluding carboxylic acids is 1. The highest BCUT2D eigenvalue weighted by molar-refractivity contribution is 5.79. The van der Waals surface area contributed by atoms with Gasteiger partial charge in [-0.1, -0.05) is 23.8 Å². The van der Waals surface area contributed by atoms with E-state index in [2.05, 4.69) is 23.5 Å². The lowest BCUT2D eigenvalue weighted by Crippen LogP contribution is -2.31. The van der Waals surface area contributed by atoms with Crippen molar-refractivity contribution in [3.05, 3.63) is 34.9 Å². The summed E-state index contributed by atoms with van der Waals surface area (Å²) in [6.45, 7) is 8.03. The van der Waals surface area contributed by atoms with Crippen molar-refractivity contribution < 1.29 is 4.79 Å². The standard InChI is InChI=1S/C13H19NO/c1-9(2)14-13(15)8-12-7-10(3)5-6-11(12)4/h5-7,9H,8H2,1-4H3,(H,14,15). The van der Waals surface area contributed by atoms with Gasteiger partial charge in [-0.05, 0) is 38.8 Å². The zero-order valence-corrected chi connectivity index (χ0v) is 9.92. The molecule has 2 heteroatoms. The Morgan fingerprint density at radius 2 is 2.00 bits per heavy atom. The molecule has 0 aliphatic carbocycles. The molecule has 0 fully saturated rings. The number of nitrogens with one attached hydrogen (secondary N) is 1. The number of rotatable bonds is 3. The molecule has 1 aromatic rings. The summed E-state index contributed by atoms with van der Waals surface area (Å²) in [5.41, 5.74) is 3.50. The largest absolute Gasteiger partial charge is 0.354 e. The fourth-order valence-electron chi connectivity index (χ4n) is 1.54. The van der Waals surface area contributed by atoms with Crippen LogP contribution in [0.3, 0.4) is 0 Å². The third-order valence-corrected chi connectivity index (χ3v) is 2.31. The number of aryl methyl sites for hydroxylation is 2. The molecule has 2 nitrogen and oxygen atoms in total. The molecular formula is C13H19NO. The highest BCUT2D eigenvalue weighted by Gasteiger charge is 2.06. The first kappa shape index (κ1) is 11.8. The van der Waals surface area contributed by atoms with E-state index < -0.39 is 0 Å². The van der Waals surface area contributed by atoms with Crippen molar-refractivity contribution in [2.45, 2.75) is 40.2 Å². The molecular weight excluding hydrogens is 186 g/mol. The van der Waals surface area contributed by atoms with Crippen LogP contribution in [0.25, 0.3) is 0 Å². The average Bonchev–Trinajstić information content (AvgIpc) is 2.10. The molecule has 1 N–H and O–H groups in total. The smallest absolute Gasteiger partial charge is 0.224 e. The first-order valence-corrected chi connectivity index (χ1v) is 5.34. The third-order valence-electron chi connectivity index (χ3n) is 2.31. The second kappa shape index (κ2) is 4.96. The lowest BCUT2D eigenvalue weighted by atomic mass is 10.0. The Balaban J connectivity index is 2.71. The lowest BCUT2D eigenvalue weighted by molar-refractivity contribution is -0.120. The molecule has 1 rings (SSSR count). The minimum absolute atomic E-state index is 0.0960. The summed E-state index contributed by atoms with van der Waals surface area (Å²) in [6.07, 6.45) is 0.478. The zero-order chi connectivity index (χ0) is 11.4. The van der Waals surface area contributed by atoms with Gasteiger partial charge in [0.15, 0.2) is 0 Å². The van der Waals surface area contributed by atoms with Crippen LogP contribution in [0.2, 0.25) is 0 Å². The molecule has 0 aliphatic heterocycles. The summed E-state index contributed by atoms with van der Waals surface area (Å²) in [5.74, 6) is 0.0960. The number of hydrogen-bond acceptors (Lipinski definition) is 1. The van der Waals surface area contributed by atoms with Gasteiger partial charge in [-0.2, -0.15) is 0 Å². The maximum absolute atomic E-state index is 11.6. The summed E-state index contributed by atoms with van der Waals surface area (Å²) in [6, 6.07) is 6.42. The Morgan fingerprint density at radius 1 is 1.33 bits per heavy atom. The predicted octanol–water partition coefficient (Wildman–Crippen LogP) is 2.37. The van der Waals surface area contributed by atoms with Gasteiger partial charge in [0.25, 0.3) is 0 Å². The molecule has 0 spiro atoms. The van der Waals surface area contributed by atoms with E-state index in [1.807, 2.05) is 27.7 Å². The van der Waals surface area contributed by atoms with Crippen molar-refractivity contribution in [3.63, 3.8) is 0 Å². The molecule has 1 amide bonds. The van der Waals surface area contributed by atoms with Gasteiger partial charge in [-0.3, -0.25) is 4.79 Å². The Kier molecular flexibility index (Phi) is 3.89. The average molecular weight is 205 g/mol. The van der Waals surface area contributed by atoms with Crippen LogP contribution in [-0.4, -0.2) is 11.9 Å². The molecule has 0 aromatic heterocycles. The van der Waals surface area contributed by atoms with E-state index >= 15 is 0 Å². The van der Waals surface area contributed by atoms with Crippen molar-refractivity contribution >= 4 is 5.91 Å². The van der Waals surface area contributed by atoms with E-state index in [4.69, 9.17) is 0 Å². The molecule has 0 aliphatic rings. The van der Waals surface area contributed by atoms with Crippen LogP contribution in [0.15, 0.2) is 18.2 Å². The first-order chi connectivity index (χ1) is 6.99. The molecule has 82 valence electrons. The van der Waals surface area contributed by atoms with Crippen LogP contribution >= 0.6 is 0 Å². The second-order valence-corrected chi connectivity index (χ2v) is 4.33. The van der Waals surface area contributed by atoms with Crippen molar-refractivity contribution in [2.75, 3.05) is 0 Å². The van der Waals surface area contributed by atoms with E-state index in [1.165, 1.54) is 11.1 Å². The van der Waals surface area contributed by atoms with Gasteiger partial charge < -0.3 is 5.32 Å². The maximum Gasteiger partial charge on any atom is 0.224 e. The van der Waals surface area contributed by atoms with Crippen molar-refractivity contribution in [1.82, 2.24) is 5.32 Å². The van der Waals surface area contributed by atoms with Crippen LogP contribution in [0.1, 0.15) is 30.5 Å². The molecule has 0 saturated heterocycles. The first-order valence-electron chi connectivity index (χ1n) is 5.34. The van der Waals surface area contributed by atoms with Gasteiger partial charge in [0, 0.05) is 6.04 Å². The van der Waals surface area contributed by atoms with Crippen LogP contribution in [0, 0.1) is 13.8 Å². The predicted molar refractivity (Wildman–Crippen MR) is 62.9 cm³/mol. The highest BCUT2D eigenvalue weighted by Crippen LogP contribution is 2.11. The maximum atomic E-state index is 11.6. The van der Waals surface area contributed by atoms with E-state index in [-0.39, 0.29) is 11.9 Å². The minimum atomic E-state index is 0.0960. The van der Waals surface area contributed by atoms with E-state index in [1.54, 1.807) is 0 Å². The number of amides is 1. The van der Waals surface area contributed by atoms with Crippen molar-refractivity contribution in [3.8, 4) is 0 Å². The van der Waals surface area contributed by atoms with Gasteiger partial charge >= 0.3 is 0 Å². The number of carbonyl (C=O) groups is 1. The van der Waals surface area contributed by atoms with E-state index in [0.29, 0.717) is 6.42 Å². The molecule has 0 unspecified atom stereocenters. The summed E-state index contributed by atoms with van der Waals surface area (Å²) in [4.78, 5) is 11.6. The molecule has 15 heavy (non-hydrogen) atoms. The number of benzene rings is 1. The Morgan fingerprint density at radius 3 is 2.60 bits per heavy atom. The van der Waals surface area contributed by atoms with Gasteiger partial charge in [0.2, 0.25) is 5.91 Å². The Hall–Kier alpha value is -1.31. The molecule has 0 radical (unpaired) electrons. The number of hydrogen-bond donors (Lipinski definition) is 1. The SMILES string of the molecule is Cc1ccc(C)c(CC(=O)NC(C)C)c1. The van der Waals surface area contributed by atoms with Gasteiger partial charge in [0.05, 0.1) is 6.42 Å². The third kappa shape index (κ3) is 3.74. The van der Waals surface area contributed by atoms with Gasteiger partial charge in [-0.25, -0.2) is 0 Å². The van der Waals surface area contributed by atoms with Crippen LogP contribution < -0.4 is 5.32 Å². The molecule has 0 saturated carbocycles. The van der Waals surface area contributed by atoms with Crippen molar-refractivity contribution in [1.29, 1.82) is 0 Å². The van der Waals surface area contributed by atoms with E-state index in [0.717, 1.165) is 5.56 Å². The fraction of sp³-hybridized carbons (Fsp3) is 0.462. The summed E-state index contributed by atoms with van der Waals surface area (Å²) < 4.78 is 0. The van der Waals surface area contributed by atoms with Crippen LogP contribution in [0.5, 0.6) is 0 Å². The molecule has 0 heterocycles. The summed E-state index contributed by atoms with van der Waals surface area (Å²) in [7, 11) is 0. The molecule has 1 aromatic carbocycles. The summed E-state index contributed by atoms with van der Waals surface area (Å²) in [5, 5.41) is 2.90. The quantitative estimate of drug-likeness (QED) is 0.806. The monoisotopic (exact) mass is 205 g/mol. The zero-order valence-electron chi connectivity index (χ0n) is 9.92. The summed E-state index contributed by atoms with van der Waals surface area (Å²) >= 11 is 0. The Labute approximate surface area is 91.7 Å². The minimum Gasteiger partial charge on any atom is -0.354 e. The highest BCUT2D eigenvalue weighted by atomic mass is 16.1. The fourth-order valence-corrected chi connectivity index (χ4v) is 1.54. The van der Waals surface area contributed by atoms with Gasteiger partial charge in [-0.15, -0.1) is 0 Å². The van der Waals surface area contributed by atoms with Crippen LogP contribution in [-0.2, 0) is 11.2 Å². The van der Waals surface area contributed by atoms with Crippen molar-refractivity contribution in [2.24, 2.45) is 0 Å². The lowest BCUT2D eigenvalue weighted by Gasteiger charge is -2.10.